The number of carbonyl (C=O) groups is 2. The first-order chi connectivity index (χ1) is 10.9. The van der Waals surface area contributed by atoms with Gasteiger partial charge in [0.15, 0.2) is 0 Å². The summed E-state index contributed by atoms with van der Waals surface area (Å²) in [6.07, 6.45) is 3.99. The van der Waals surface area contributed by atoms with E-state index in [0.29, 0.717) is 25.2 Å². The highest BCUT2D eigenvalue weighted by molar-refractivity contribution is 7.98. The molecule has 0 aliphatic carbocycles. The second-order valence-corrected chi connectivity index (χ2v) is 7.15. The Kier molecular flexibility index (Phi) is 7.58. The van der Waals surface area contributed by atoms with E-state index in [-0.39, 0.29) is 17.9 Å². The fraction of sp³-hybridized carbons (Fsp3) is 0.824. The molecule has 0 saturated carbocycles. The molecule has 0 aromatic carbocycles. The number of aliphatic imine (C=N–C) groups is 1. The highest BCUT2D eigenvalue weighted by Gasteiger charge is 2.56. The quantitative estimate of drug-likeness (QED) is 0.685. The lowest BCUT2D eigenvalue weighted by molar-refractivity contribution is -0.161. The standard InChI is InChI=1S/C17H29NO4S/c1-6-8-13-14(15(19)22-7-2)11(3)18-12(4)17(13,16(20)21)9-10-23-5/h12-14H,6-10H2,1-5H3,(H,20,21). The Labute approximate surface area is 143 Å². The highest BCUT2D eigenvalue weighted by Crippen LogP contribution is 2.48. The average molecular weight is 343 g/mol. The first-order valence-corrected chi connectivity index (χ1v) is 9.69. The minimum atomic E-state index is -1.00. The summed E-state index contributed by atoms with van der Waals surface area (Å²) in [5.74, 6) is -1.27. The van der Waals surface area contributed by atoms with Crippen LogP contribution in [0.1, 0.15) is 47.0 Å². The summed E-state index contributed by atoms with van der Waals surface area (Å²) in [4.78, 5) is 29.3. The van der Waals surface area contributed by atoms with Crippen LogP contribution < -0.4 is 0 Å². The fourth-order valence-electron chi connectivity index (χ4n) is 3.81. The van der Waals surface area contributed by atoms with Crippen molar-refractivity contribution in [2.75, 3.05) is 18.6 Å². The van der Waals surface area contributed by atoms with E-state index in [4.69, 9.17) is 4.74 Å². The van der Waals surface area contributed by atoms with Gasteiger partial charge in [-0.2, -0.15) is 11.8 Å². The number of hydrogen-bond acceptors (Lipinski definition) is 5. The van der Waals surface area contributed by atoms with Crippen LogP contribution in [0.15, 0.2) is 4.99 Å². The number of carboxylic acid groups (broad SMARTS) is 1. The number of thioether (sulfide) groups is 1. The molecule has 6 heteroatoms. The van der Waals surface area contributed by atoms with Crippen LogP contribution in [0.3, 0.4) is 0 Å². The summed E-state index contributed by atoms with van der Waals surface area (Å²) in [6.45, 7) is 7.77. The summed E-state index contributed by atoms with van der Waals surface area (Å²) in [5, 5.41) is 10.1. The smallest absolute Gasteiger partial charge is 0.314 e. The molecular weight excluding hydrogens is 314 g/mol. The second-order valence-electron chi connectivity index (χ2n) is 6.16. The molecular formula is C17H29NO4S. The van der Waals surface area contributed by atoms with Crippen LogP contribution in [0.2, 0.25) is 0 Å². The van der Waals surface area contributed by atoms with Gasteiger partial charge in [-0.3, -0.25) is 14.6 Å². The molecule has 1 heterocycles. The number of ether oxygens (including phenoxy) is 1. The van der Waals surface area contributed by atoms with E-state index >= 15 is 0 Å². The molecule has 1 aliphatic heterocycles. The third-order valence-corrected chi connectivity index (χ3v) is 5.53. The van der Waals surface area contributed by atoms with E-state index in [1.807, 2.05) is 27.0 Å². The predicted octanol–water partition coefficient (Wildman–Crippen LogP) is 3.27. The van der Waals surface area contributed by atoms with Crippen molar-refractivity contribution in [1.82, 2.24) is 0 Å². The van der Waals surface area contributed by atoms with Gasteiger partial charge in [-0.15, -0.1) is 0 Å². The maximum absolute atomic E-state index is 12.5. The number of carbonyl (C=O) groups excluding carboxylic acids is 1. The molecule has 0 aromatic heterocycles. The van der Waals surface area contributed by atoms with E-state index in [2.05, 4.69) is 4.99 Å². The van der Waals surface area contributed by atoms with Gasteiger partial charge in [0, 0.05) is 5.71 Å². The molecule has 0 spiro atoms. The number of nitrogens with zero attached hydrogens (tertiary/aromatic N) is 1. The van der Waals surface area contributed by atoms with E-state index in [0.717, 1.165) is 12.2 Å². The Morgan fingerprint density at radius 3 is 2.52 bits per heavy atom. The SMILES string of the molecule is CCCC1C(C(=O)OCC)C(C)=NC(C)C1(CCSC)C(=O)O. The topological polar surface area (TPSA) is 76.0 Å². The van der Waals surface area contributed by atoms with Crippen molar-refractivity contribution < 1.29 is 19.4 Å². The zero-order chi connectivity index (χ0) is 17.6. The van der Waals surface area contributed by atoms with Crippen molar-refractivity contribution in [2.45, 2.75) is 53.0 Å². The average Bonchev–Trinajstić information content (AvgIpc) is 2.47. The van der Waals surface area contributed by atoms with E-state index < -0.39 is 17.3 Å². The van der Waals surface area contributed by atoms with Crippen LogP contribution in [0.5, 0.6) is 0 Å². The maximum Gasteiger partial charge on any atom is 0.314 e. The zero-order valence-electron chi connectivity index (χ0n) is 14.8. The van der Waals surface area contributed by atoms with Crippen molar-refractivity contribution in [2.24, 2.45) is 22.2 Å². The number of esters is 1. The Bertz CT molecular complexity index is 466. The highest BCUT2D eigenvalue weighted by atomic mass is 32.2. The maximum atomic E-state index is 12.5. The van der Waals surface area contributed by atoms with Crippen LogP contribution in [0.4, 0.5) is 0 Å². The van der Waals surface area contributed by atoms with E-state index in [1.165, 1.54) is 0 Å². The minimum Gasteiger partial charge on any atom is -0.481 e. The predicted molar refractivity (Wildman–Crippen MR) is 94.2 cm³/mol. The summed E-state index contributed by atoms with van der Waals surface area (Å²) in [6, 6.07) is -0.339. The van der Waals surface area contributed by atoms with Crippen LogP contribution in [-0.4, -0.2) is 47.4 Å². The lowest BCUT2D eigenvalue weighted by Gasteiger charge is -2.46. The fourth-order valence-corrected chi connectivity index (χ4v) is 4.35. The minimum absolute atomic E-state index is 0.274. The van der Waals surface area contributed by atoms with E-state index in [9.17, 15) is 14.7 Å². The normalized spacial score (nSPS) is 30.7. The largest absolute Gasteiger partial charge is 0.481 e. The number of carboxylic acids is 1. The third kappa shape index (κ3) is 3.90. The molecule has 1 aliphatic rings. The van der Waals surface area contributed by atoms with Gasteiger partial charge < -0.3 is 9.84 Å². The molecule has 4 unspecified atom stereocenters. The third-order valence-electron chi connectivity index (χ3n) is 4.92. The molecule has 0 saturated heterocycles. The van der Waals surface area contributed by atoms with Gasteiger partial charge in [0.1, 0.15) is 0 Å². The molecule has 0 radical (unpaired) electrons. The summed E-state index contributed by atoms with van der Waals surface area (Å²) in [7, 11) is 0. The molecule has 5 nitrogen and oxygen atoms in total. The molecule has 132 valence electrons. The molecule has 4 atom stereocenters. The number of rotatable bonds is 8. The molecule has 0 fully saturated rings. The molecule has 0 aromatic rings. The van der Waals surface area contributed by atoms with Crippen molar-refractivity contribution in [1.29, 1.82) is 0 Å². The van der Waals surface area contributed by atoms with Crippen LogP contribution in [0, 0.1) is 17.3 Å². The molecule has 1 N–H and O–H groups in total. The molecule has 0 bridgehead atoms. The monoisotopic (exact) mass is 343 g/mol. The van der Waals surface area contributed by atoms with Crippen LogP contribution in [0.25, 0.3) is 0 Å². The summed E-state index contributed by atoms with van der Waals surface area (Å²) >= 11 is 1.63. The molecule has 23 heavy (non-hydrogen) atoms. The lowest BCUT2D eigenvalue weighted by Crippen LogP contribution is -2.55. The molecule has 0 amide bonds. The Hall–Kier alpha value is -1.04. The van der Waals surface area contributed by atoms with Gasteiger partial charge >= 0.3 is 11.9 Å². The lowest BCUT2D eigenvalue weighted by atomic mass is 9.59. The Balaban J connectivity index is 3.40. The van der Waals surface area contributed by atoms with Gasteiger partial charge in [-0.25, -0.2) is 0 Å². The zero-order valence-corrected chi connectivity index (χ0v) is 15.6. The van der Waals surface area contributed by atoms with Crippen molar-refractivity contribution in [3.63, 3.8) is 0 Å². The Morgan fingerprint density at radius 1 is 1.39 bits per heavy atom. The van der Waals surface area contributed by atoms with Crippen molar-refractivity contribution in [3.05, 3.63) is 0 Å². The van der Waals surface area contributed by atoms with Crippen LogP contribution in [-0.2, 0) is 14.3 Å². The van der Waals surface area contributed by atoms with Gasteiger partial charge in [0.25, 0.3) is 0 Å². The first-order valence-electron chi connectivity index (χ1n) is 8.29. The number of aliphatic carboxylic acids is 1. The van der Waals surface area contributed by atoms with Gasteiger partial charge in [0.05, 0.1) is 24.0 Å². The number of hydrogen-bond donors (Lipinski definition) is 1. The molecule has 1 rings (SSSR count). The summed E-state index contributed by atoms with van der Waals surface area (Å²) in [5.41, 5.74) is -0.300. The van der Waals surface area contributed by atoms with Crippen molar-refractivity contribution in [3.8, 4) is 0 Å². The van der Waals surface area contributed by atoms with Gasteiger partial charge in [-0.1, -0.05) is 13.3 Å². The Morgan fingerprint density at radius 2 is 2.04 bits per heavy atom. The first kappa shape index (κ1) is 20.0. The second kappa shape index (κ2) is 8.71. The van der Waals surface area contributed by atoms with Gasteiger partial charge in [-0.05, 0) is 51.5 Å². The van der Waals surface area contributed by atoms with Gasteiger partial charge in [0.2, 0.25) is 0 Å². The van der Waals surface area contributed by atoms with E-state index in [1.54, 1.807) is 18.7 Å². The van der Waals surface area contributed by atoms with Crippen molar-refractivity contribution >= 4 is 29.4 Å². The van der Waals surface area contributed by atoms with Crippen LogP contribution >= 0.6 is 11.8 Å². The summed E-state index contributed by atoms with van der Waals surface area (Å²) < 4.78 is 5.22.